The molecular formula is C12H23N3O9. The van der Waals surface area contributed by atoms with Gasteiger partial charge in [0.25, 0.3) is 0 Å². The largest absolute Gasteiger partial charge is 0.481 e. The van der Waals surface area contributed by atoms with E-state index in [1.165, 1.54) is 0 Å². The summed E-state index contributed by atoms with van der Waals surface area (Å²) in [6, 6.07) is -0.892. The highest BCUT2D eigenvalue weighted by atomic mass is 16.4. The number of carboxylic acid groups (broad SMARTS) is 4. The Hall–Kier alpha value is -2.28. The topological polar surface area (TPSA) is 247 Å². The molecule has 0 saturated carbocycles. The van der Waals surface area contributed by atoms with Gasteiger partial charge in [0.05, 0.1) is 6.10 Å². The van der Waals surface area contributed by atoms with E-state index in [9.17, 15) is 19.2 Å². The lowest BCUT2D eigenvalue weighted by Crippen LogP contribution is -2.55. The molecule has 140 valence electrons. The van der Waals surface area contributed by atoms with Gasteiger partial charge in [-0.05, 0) is 19.3 Å². The number of hydrogen-bond acceptors (Lipinski definition) is 8. The molecule has 0 radical (unpaired) electrons. The Morgan fingerprint density at radius 1 is 0.958 bits per heavy atom. The van der Waals surface area contributed by atoms with Crippen LogP contribution in [0.1, 0.15) is 25.7 Å². The van der Waals surface area contributed by atoms with Crippen molar-refractivity contribution in [1.82, 2.24) is 0 Å². The molecule has 0 aliphatic carbocycles. The molecule has 0 aliphatic rings. The van der Waals surface area contributed by atoms with Crippen molar-refractivity contribution in [3.63, 3.8) is 0 Å². The number of hydrogen-bond donors (Lipinski definition) is 8. The Labute approximate surface area is 136 Å². The van der Waals surface area contributed by atoms with Crippen molar-refractivity contribution in [1.29, 1.82) is 0 Å². The number of aliphatic carboxylic acids is 4. The maximum atomic E-state index is 10.4. The lowest BCUT2D eigenvalue weighted by Gasteiger charge is -2.17. The maximum absolute atomic E-state index is 10.4. The molecule has 0 heterocycles. The summed E-state index contributed by atoms with van der Waals surface area (Å²) in [5.74, 6) is -5.84. The van der Waals surface area contributed by atoms with Crippen molar-refractivity contribution in [3.05, 3.63) is 0 Å². The van der Waals surface area contributed by atoms with Gasteiger partial charge in [-0.1, -0.05) is 0 Å². The van der Waals surface area contributed by atoms with Crippen molar-refractivity contribution >= 4 is 23.9 Å². The van der Waals surface area contributed by atoms with Gasteiger partial charge in [-0.25, -0.2) is 9.59 Å². The molecule has 0 spiro atoms. The van der Waals surface area contributed by atoms with Crippen LogP contribution in [0, 0.1) is 0 Å². The third-order valence-electron chi connectivity index (χ3n) is 2.90. The summed E-state index contributed by atoms with van der Waals surface area (Å²) in [4.78, 5) is 41.0. The fourth-order valence-electron chi connectivity index (χ4n) is 1.22. The molecule has 1 unspecified atom stereocenters. The van der Waals surface area contributed by atoms with Gasteiger partial charge in [0.2, 0.25) is 5.54 Å². The summed E-state index contributed by atoms with van der Waals surface area (Å²) in [5.41, 5.74) is 12.7. The summed E-state index contributed by atoms with van der Waals surface area (Å²) in [7, 11) is 0. The van der Waals surface area contributed by atoms with Gasteiger partial charge in [-0.3, -0.25) is 9.59 Å². The average molecular weight is 353 g/mol. The minimum Gasteiger partial charge on any atom is -0.481 e. The zero-order valence-corrected chi connectivity index (χ0v) is 12.8. The predicted molar refractivity (Wildman–Crippen MR) is 79.0 cm³/mol. The fraction of sp³-hybridized carbons (Fsp3) is 0.667. The summed E-state index contributed by atoms with van der Waals surface area (Å²) in [6.45, 7) is 0.145. The maximum Gasteiger partial charge on any atom is 0.335 e. The fourth-order valence-corrected chi connectivity index (χ4v) is 1.22. The van der Waals surface area contributed by atoms with E-state index in [-0.39, 0.29) is 13.0 Å². The van der Waals surface area contributed by atoms with Crippen molar-refractivity contribution in [2.24, 2.45) is 17.2 Å². The Morgan fingerprint density at radius 2 is 1.42 bits per heavy atom. The smallest absolute Gasteiger partial charge is 0.335 e. The molecule has 0 bridgehead atoms. The molecule has 12 heteroatoms. The van der Waals surface area contributed by atoms with Gasteiger partial charge < -0.3 is 42.7 Å². The Bertz CT molecular complexity index is 441. The van der Waals surface area contributed by atoms with E-state index in [2.05, 4.69) is 0 Å². The summed E-state index contributed by atoms with van der Waals surface area (Å²) < 4.78 is 0. The second-order valence-electron chi connectivity index (χ2n) is 4.89. The van der Waals surface area contributed by atoms with Crippen LogP contribution in [-0.2, 0) is 19.2 Å². The van der Waals surface area contributed by atoms with Crippen LogP contribution in [0.15, 0.2) is 0 Å². The molecule has 0 aliphatic heterocycles. The molecule has 0 amide bonds. The van der Waals surface area contributed by atoms with Gasteiger partial charge in [0, 0.05) is 13.0 Å². The van der Waals surface area contributed by atoms with Crippen molar-refractivity contribution in [2.45, 2.75) is 43.4 Å². The van der Waals surface area contributed by atoms with Crippen LogP contribution in [0.4, 0.5) is 0 Å². The summed E-state index contributed by atoms with van der Waals surface area (Å²) in [6.07, 6.45) is -1.29. The minimum atomic E-state index is -2.52. The van der Waals surface area contributed by atoms with Crippen LogP contribution < -0.4 is 17.2 Å². The first-order valence-corrected chi connectivity index (χ1v) is 6.72. The third kappa shape index (κ3) is 9.68. The van der Waals surface area contributed by atoms with Crippen molar-refractivity contribution in [3.8, 4) is 0 Å². The van der Waals surface area contributed by atoms with Gasteiger partial charge in [-0.2, -0.15) is 0 Å². The van der Waals surface area contributed by atoms with Gasteiger partial charge in [0.1, 0.15) is 6.04 Å². The SMILES string of the molecule is NC(CCC(=O)O)(C(=O)O)C(=O)O.NCC(O)CC[C@H](N)C(=O)O. The Kier molecular flexibility index (Phi) is 11.3. The van der Waals surface area contributed by atoms with E-state index >= 15 is 0 Å². The molecule has 0 aromatic carbocycles. The van der Waals surface area contributed by atoms with E-state index in [1.807, 2.05) is 0 Å². The molecule has 11 N–H and O–H groups in total. The number of nitrogens with two attached hydrogens (primary N) is 3. The van der Waals surface area contributed by atoms with Crippen LogP contribution in [0.25, 0.3) is 0 Å². The lowest BCUT2D eigenvalue weighted by molar-refractivity contribution is -0.157. The highest BCUT2D eigenvalue weighted by Crippen LogP contribution is 2.10. The zero-order valence-electron chi connectivity index (χ0n) is 12.8. The molecule has 24 heavy (non-hydrogen) atoms. The zero-order chi connectivity index (χ0) is 19.5. The van der Waals surface area contributed by atoms with Gasteiger partial charge in [-0.15, -0.1) is 0 Å². The Morgan fingerprint density at radius 3 is 1.71 bits per heavy atom. The van der Waals surface area contributed by atoms with Crippen LogP contribution in [-0.4, -0.2) is 73.6 Å². The molecule has 0 fully saturated rings. The first-order chi connectivity index (χ1) is 10.9. The Balaban J connectivity index is 0. The number of aliphatic hydroxyl groups excluding tert-OH is 1. The molecular weight excluding hydrogens is 330 g/mol. The van der Waals surface area contributed by atoms with E-state index in [1.54, 1.807) is 0 Å². The third-order valence-corrected chi connectivity index (χ3v) is 2.90. The molecule has 0 aromatic heterocycles. The second kappa shape index (κ2) is 11.3. The highest BCUT2D eigenvalue weighted by Gasteiger charge is 2.42. The van der Waals surface area contributed by atoms with Gasteiger partial charge >= 0.3 is 23.9 Å². The van der Waals surface area contributed by atoms with Gasteiger partial charge in [0.15, 0.2) is 0 Å². The molecule has 0 aromatic rings. The number of carboxylic acids is 4. The molecule has 0 saturated heterocycles. The molecule has 2 atom stereocenters. The number of aliphatic hydroxyl groups is 1. The van der Waals surface area contributed by atoms with E-state index in [0.29, 0.717) is 6.42 Å². The van der Waals surface area contributed by atoms with Crippen LogP contribution in [0.2, 0.25) is 0 Å². The highest BCUT2D eigenvalue weighted by molar-refractivity contribution is 6.03. The number of carbonyl (C=O) groups is 4. The predicted octanol–water partition coefficient (Wildman–Crippen LogP) is -2.78. The average Bonchev–Trinajstić information content (AvgIpc) is 2.49. The first kappa shape index (κ1) is 24.0. The van der Waals surface area contributed by atoms with Crippen molar-refractivity contribution < 1.29 is 44.7 Å². The summed E-state index contributed by atoms with van der Waals surface area (Å²) >= 11 is 0. The van der Waals surface area contributed by atoms with Crippen LogP contribution in [0.5, 0.6) is 0 Å². The molecule has 12 nitrogen and oxygen atoms in total. The quantitative estimate of drug-likeness (QED) is 0.186. The van der Waals surface area contributed by atoms with E-state index in [4.69, 9.17) is 42.7 Å². The van der Waals surface area contributed by atoms with Crippen LogP contribution >= 0.6 is 0 Å². The van der Waals surface area contributed by atoms with E-state index in [0.717, 1.165) is 0 Å². The number of rotatable bonds is 10. The normalized spacial score (nSPS) is 13.2. The monoisotopic (exact) mass is 353 g/mol. The van der Waals surface area contributed by atoms with Crippen LogP contribution in [0.3, 0.4) is 0 Å². The van der Waals surface area contributed by atoms with Crippen molar-refractivity contribution in [2.75, 3.05) is 6.54 Å². The lowest BCUT2D eigenvalue weighted by atomic mass is 9.95. The van der Waals surface area contributed by atoms with E-state index < -0.39 is 54.4 Å². The first-order valence-electron chi connectivity index (χ1n) is 6.72. The standard InChI is InChI=1S/C6H14N2O3.C6H9NO6/c7-3-4(9)1-2-5(8)6(10)11;7-6(4(10)11,5(12)13)2-1-3(8)9/h4-5,9H,1-3,7-8H2,(H,10,11);1-2,7H2,(H,8,9)(H,10,11)(H,12,13)/t4?,5-;/m0./s1. The summed E-state index contributed by atoms with van der Waals surface area (Å²) in [5, 5.41) is 42.3. The molecule has 0 rings (SSSR count). The minimum absolute atomic E-state index is 0.145. The second-order valence-corrected chi connectivity index (χ2v) is 4.89.